The Bertz CT molecular complexity index is 758. The van der Waals surface area contributed by atoms with E-state index >= 15 is 0 Å². The van der Waals surface area contributed by atoms with E-state index in [1.54, 1.807) is 7.11 Å². The quantitative estimate of drug-likeness (QED) is 0.804. The number of methoxy groups -OCH3 is 1. The highest BCUT2D eigenvalue weighted by Gasteiger charge is 2.24. The average Bonchev–Trinajstić information content (AvgIpc) is 2.57. The smallest absolute Gasteiger partial charge is 0.189 e. The second-order valence-corrected chi connectivity index (χ2v) is 5.97. The molecule has 1 aliphatic carbocycles. The van der Waals surface area contributed by atoms with Gasteiger partial charge in [-0.1, -0.05) is 24.3 Å². The maximum atomic E-state index is 12.7. The van der Waals surface area contributed by atoms with Crippen LogP contribution in [0.5, 0.6) is 5.75 Å². The summed E-state index contributed by atoms with van der Waals surface area (Å²) in [6.07, 6.45) is 3.60. The van der Waals surface area contributed by atoms with E-state index in [0.717, 1.165) is 46.5 Å². The fraction of sp³-hybridized carbons (Fsp3) is 0.250. The van der Waals surface area contributed by atoms with Crippen molar-refractivity contribution in [1.82, 2.24) is 0 Å². The number of nitrogens with zero attached hydrogens (tertiary/aromatic N) is 1. The molecule has 0 spiro atoms. The molecule has 0 aliphatic heterocycles. The van der Waals surface area contributed by atoms with E-state index in [0.29, 0.717) is 0 Å². The molecule has 0 saturated heterocycles. The van der Waals surface area contributed by atoms with Crippen molar-refractivity contribution in [2.24, 2.45) is 0 Å². The molecule has 1 aliphatic rings. The van der Waals surface area contributed by atoms with Crippen LogP contribution in [0, 0.1) is 0 Å². The lowest BCUT2D eigenvalue weighted by molar-refractivity contribution is 0.102. The van der Waals surface area contributed by atoms with Gasteiger partial charge in [0, 0.05) is 36.5 Å². The van der Waals surface area contributed by atoms with E-state index < -0.39 is 0 Å². The van der Waals surface area contributed by atoms with Crippen LogP contribution in [0.3, 0.4) is 0 Å². The summed E-state index contributed by atoms with van der Waals surface area (Å²) in [4.78, 5) is 14.8. The maximum Gasteiger partial charge on any atom is 0.189 e. The molecule has 0 atom stereocenters. The number of hydrogen-bond acceptors (Lipinski definition) is 3. The number of rotatable bonds is 3. The predicted octanol–water partition coefficient (Wildman–Crippen LogP) is 3.97. The lowest BCUT2D eigenvalue weighted by Crippen LogP contribution is -2.15. The molecule has 0 amide bonds. The molecule has 23 heavy (non-hydrogen) atoms. The van der Waals surface area contributed by atoms with Crippen LogP contribution in [-0.2, 0) is 6.42 Å². The second kappa shape index (κ2) is 6.29. The number of benzene rings is 2. The number of hydrogen-bond donors (Lipinski definition) is 0. The van der Waals surface area contributed by atoms with Crippen molar-refractivity contribution in [1.29, 1.82) is 0 Å². The molecule has 2 aromatic rings. The zero-order chi connectivity index (χ0) is 16.4. The van der Waals surface area contributed by atoms with E-state index in [4.69, 9.17) is 4.74 Å². The van der Waals surface area contributed by atoms with E-state index in [9.17, 15) is 4.79 Å². The highest BCUT2D eigenvalue weighted by atomic mass is 16.5. The van der Waals surface area contributed by atoms with Crippen LogP contribution in [0.15, 0.2) is 48.0 Å². The summed E-state index contributed by atoms with van der Waals surface area (Å²) in [6.45, 7) is 0. The van der Waals surface area contributed by atoms with Gasteiger partial charge in [-0.15, -0.1) is 0 Å². The van der Waals surface area contributed by atoms with Crippen molar-refractivity contribution in [2.75, 3.05) is 26.1 Å². The van der Waals surface area contributed by atoms with Crippen molar-refractivity contribution in [3.63, 3.8) is 0 Å². The average molecular weight is 307 g/mol. The zero-order valence-electron chi connectivity index (χ0n) is 13.8. The molecule has 3 heteroatoms. The van der Waals surface area contributed by atoms with Crippen LogP contribution in [0.2, 0.25) is 0 Å². The first-order chi connectivity index (χ1) is 11.1. The topological polar surface area (TPSA) is 29.5 Å². The molecule has 0 saturated carbocycles. The second-order valence-electron chi connectivity index (χ2n) is 5.97. The molecule has 0 aromatic heterocycles. The third-order valence-electron chi connectivity index (χ3n) is 4.28. The Kier molecular flexibility index (Phi) is 4.20. The normalized spacial score (nSPS) is 15.4. The van der Waals surface area contributed by atoms with Crippen molar-refractivity contribution in [3.8, 4) is 5.75 Å². The van der Waals surface area contributed by atoms with Gasteiger partial charge in [0.25, 0.3) is 0 Å². The summed E-state index contributed by atoms with van der Waals surface area (Å²) < 4.78 is 5.37. The SMILES string of the molecule is COc1cccc2c1CC/C(=C\c1ccc(N(C)C)cc1)C2=O. The molecule has 2 aromatic carbocycles. The zero-order valence-corrected chi connectivity index (χ0v) is 13.8. The van der Waals surface area contributed by atoms with Gasteiger partial charge < -0.3 is 9.64 Å². The Balaban J connectivity index is 1.91. The summed E-state index contributed by atoms with van der Waals surface area (Å²) in [7, 11) is 5.68. The van der Waals surface area contributed by atoms with Gasteiger partial charge in [0.15, 0.2) is 5.78 Å². The predicted molar refractivity (Wildman–Crippen MR) is 94.4 cm³/mol. The molecule has 0 unspecified atom stereocenters. The lowest BCUT2D eigenvalue weighted by atomic mass is 9.85. The number of Topliss-reactive ketones (excluding diaryl/α,β-unsaturated/α-hetero) is 1. The number of carbonyl (C=O) groups excluding carboxylic acids is 1. The minimum atomic E-state index is 0.113. The first kappa shape index (κ1) is 15.3. The summed E-state index contributed by atoms with van der Waals surface area (Å²) in [6, 6.07) is 13.9. The number of fused-ring (bicyclic) bond motifs is 1. The van der Waals surface area contributed by atoms with Crippen LogP contribution in [0.25, 0.3) is 6.08 Å². The molecular formula is C20H21NO2. The number of ether oxygens (including phenoxy) is 1. The largest absolute Gasteiger partial charge is 0.496 e. The Morgan fingerprint density at radius 2 is 1.78 bits per heavy atom. The maximum absolute atomic E-state index is 12.7. The number of anilines is 1. The number of ketones is 1. The first-order valence-electron chi connectivity index (χ1n) is 7.78. The van der Waals surface area contributed by atoms with Crippen LogP contribution >= 0.6 is 0 Å². The van der Waals surface area contributed by atoms with Gasteiger partial charge in [0.1, 0.15) is 5.75 Å². The highest BCUT2D eigenvalue weighted by Crippen LogP contribution is 2.32. The summed E-state index contributed by atoms with van der Waals surface area (Å²) >= 11 is 0. The van der Waals surface area contributed by atoms with Gasteiger partial charge in [0.2, 0.25) is 0 Å². The molecule has 3 nitrogen and oxygen atoms in total. The number of allylic oxidation sites excluding steroid dienone is 1. The monoisotopic (exact) mass is 307 g/mol. The summed E-state index contributed by atoms with van der Waals surface area (Å²) in [5.74, 6) is 0.923. The fourth-order valence-corrected chi connectivity index (χ4v) is 2.98. The Morgan fingerprint density at radius 1 is 1.04 bits per heavy atom. The molecular weight excluding hydrogens is 286 g/mol. The van der Waals surface area contributed by atoms with Gasteiger partial charge >= 0.3 is 0 Å². The summed E-state index contributed by atoms with van der Waals surface area (Å²) in [5.41, 5.74) is 4.87. The highest BCUT2D eigenvalue weighted by molar-refractivity contribution is 6.13. The minimum Gasteiger partial charge on any atom is -0.496 e. The van der Waals surface area contributed by atoms with Crippen molar-refractivity contribution < 1.29 is 9.53 Å². The molecule has 3 rings (SSSR count). The molecule has 0 bridgehead atoms. The first-order valence-corrected chi connectivity index (χ1v) is 7.78. The van der Waals surface area contributed by atoms with Gasteiger partial charge in [-0.2, -0.15) is 0 Å². The van der Waals surface area contributed by atoms with Gasteiger partial charge in [-0.3, -0.25) is 4.79 Å². The molecule has 0 heterocycles. The molecule has 0 fully saturated rings. The standard InChI is InChI=1S/C20H21NO2/c1-21(2)16-10-7-14(8-11-16)13-15-9-12-17-18(20(15)22)5-4-6-19(17)23-3/h4-8,10-11,13H,9,12H2,1-3H3/b15-13+. The van der Waals surface area contributed by atoms with Gasteiger partial charge in [-0.25, -0.2) is 0 Å². The molecule has 0 radical (unpaired) electrons. The lowest BCUT2D eigenvalue weighted by Gasteiger charge is -2.20. The van der Waals surface area contributed by atoms with Gasteiger partial charge in [0.05, 0.1) is 7.11 Å². The third kappa shape index (κ3) is 3.00. The molecule has 0 N–H and O–H groups in total. The van der Waals surface area contributed by atoms with Gasteiger partial charge in [-0.05, 0) is 42.7 Å². The fourth-order valence-electron chi connectivity index (χ4n) is 2.98. The number of carbonyl (C=O) groups is 1. The Hall–Kier alpha value is -2.55. The van der Waals surface area contributed by atoms with Crippen LogP contribution < -0.4 is 9.64 Å². The van der Waals surface area contributed by atoms with E-state index in [-0.39, 0.29) is 5.78 Å². The third-order valence-corrected chi connectivity index (χ3v) is 4.28. The van der Waals surface area contributed by atoms with Crippen LogP contribution in [0.4, 0.5) is 5.69 Å². The van der Waals surface area contributed by atoms with Crippen LogP contribution in [0.1, 0.15) is 27.9 Å². The summed E-state index contributed by atoms with van der Waals surface area (Å²) in [5, 5.41) is 0. The van der Waals surface area contributed by atoms with E-state index in [1.165, 1.54) is 0 Å². The van der Waals surface area contributed by atoms with Crippen molar-refractivity contribution >= 4 is 17.5 Å². The van der Waals surface area contributed by atoms with E-state index in [1.807, 2.05) is 38.4 Å². The van der Waals surface area contributed by atoms with Crippen LogP contribution in [-0.4, -0.2) is 27.0 Å². The Morgan fingerprint density at radius 3 is 2.43 bits per heavy atom. The minimum absolute atomic E-state index is 0.113. The molecule has 118 valence electrons. The van der Waals surface area contributed by atoms with Crippen molar-refractivity contribution in [2.45, 2.75) is 12.8 Å². The van der Waals surface area contributed by atoms with E-state index in [2.05, 4.69) is 29.2 Å². The Labute approximate surface area is 137 Å². The van der Waals surface area contributed by atoms with Crippen molar-refractivity contribution in [3.05, 3.63) is 64.7 Å².